The summed E-state index contributed by atoms with van der Waals surface area (Å²) in [4.78, 5) is 0. The van der Waals surface area contributed by atoms with Crippen LogP contribution in [-0.4, -0.2) is 15.8 Å². The predicted molar refractivity (Wildman–Crippen MR) is 76.3 cm³/mol. The van der Waals surface area contributed by atoms with Gasteiger partial charge in [0.25, 0.3) is 0 Å². The third-order valence-electron chi connectivity index (χ3n) is 2.43. The van der Waals surface area contributed by atoms with Crippen LogP contribution in [0.3, 0.4) is 0 Å². The minimum atomic E-state index is 0.0435. The Morgan fingerprint density at radius 1 is 1.22 bits per heavy atom. The summed E-state index contributed by atoms with van der Waals surface area (Å²) in [5.74, 6) is 0. The van der Waals surface area contributed by atoms with Crippen molar-refractivity contribution in [2.45, 2.75) is 19.5 Å². The second-order valence-electron chi connectivity index (χ2n) is 4.12. The highest BCUT2D eigenvalue weighted by Crippen LogP contribution is 2.37. The number of nitrogens with two attached hydrogens (primary N) is 1. The lowest BCUT2D eigenvalue weighted by Gasteiger charge is -2.06. The first-order valence-electron chi connectivity index (χ1n) is 5.42. The van der Waals surface area contributed by atoms with Crippen molar-refractivity contribution in [2.24, 2.45) is 5.73 Å². The van der Waals surface area contributed by atoms with E-state index < -0.39 is 0 Å². The van der Waals surface area contributed by atoms with Crippen LogP contribution in [0.2, 0.25) is 15.1 Å². The molecular formula is C12H12Cl3N3. The minimum Gasteiger partial charge on any atom is -0.326 e. The number of aromatic nitrogens is 2. The lowest BCUT2D eigenvalue weighted by atomic mass is 10.1. The molecule has 6 heteroatoms. The van der Waals surface area contributed by atoms with E-state index in [9.17, 15) is 0 Å². The van der Waals surface area contributed by atoms with Crippen molar-refractivity contribution in [1.29, 1.82) is 0 Å². The molecule has 1 aromatic heterocycles. The van der Waals surface area contributed by atoms with E-state index in [0.717, 1.165) is 11.3 Å². The van der Waals surface area contributed by atoms with Gasteiger partial charge in [0, 0.05) is 17.8 Å². The van der Waals surface area contributed by atoms with Crippen molar-refractivity contribution in [3.05, 3.63) is 39.5 Å². The zero-order valence-electron chi connectivity index (χ0n) is 9.70. The van der Waals surface area contributed by atoms with Crippen LogP contribution >= 0.6 is 34.8 Å². The summed E-state index contributed by atoms with van der Waals surface area (Å²) in [6, 6.07) is 5.42. The van der Waals surface area contributed by atoms with Crippen LogP contribution in [-0.2, 0) is 6.54 Å². The Bertz CT molecular complexity index is 564. The molecule has 2 aromatic rings. The van der Waals surface area contributed by atoms with Crippen LogP contribution in [0, 0.1) is 0 Å². The van der Waals surface area contributed by atoms with Gasteiger partial charge in [0.05, 0.1) is 27.3 Å². The van der Waals surface area contributed by atoms with Gasteiger partial charge < -0.3 is 5.73 Å². The molecule has 0 aliphatic rings. The van der Waals surface area contributed by atoms with Crippen molar-refractivity contribution < 1.29 is 0 Å². The smallest absolute Gasteiger partial charge is 0.0938 e. The largest absolute Gasteiger partial charge is 0.326 e. The van der Waals surface area contributed by atoms with Crippen LogP contribution in [0.4, 0.5) is 0 Å². The first-order chi connectivity index (χ1) is 8.49. The third-order valence-corrected chi connectivity index (χ3v) is 3.72. The number of hydrogen-bond donors (Lipinski definition) is 1. The molecule has 0 amide bonds. The van der Waals surface area contributed by atoms with E-state index in [-0.39, 0.29) is 6.04 Å². The maximum absolute atomic E-state index is 6.16. The average Bonchev–Trinajstić information content (AvgIpc) is 2.73. The second-order valence-corrected chi connectivity index (χ2v) is 5.29. The normalized spacial score (nSPS) is 12.7. The predicted octanol–water partition coefficient (Wildman–Crippen LogP) is 3.86. The second kappa shape index (κ2) is 5.49. The SMILES string of the molecule is CC(N)Cn1ccc(-c2ccc(Cl)c(Cl)c2Cl)n1. The maximum atomic E-state index is 6.16. The fourth-order valence-electron chi connectivity index (χ4n) is 1.63. The van der Waals surface area contributed by atoms with Gasteiger partial charge in [0.15, 0.2) is 0 Å². The molecule has 2 rings (SSSR count). The summed E-state index contributed by atoms with van der Waals surface area (Å²) in [6.07, 6.45) is 1.86. The Kier molecular flexibility index (Phi) is 4.17. The quantitative estimate of drug-likeness (QED) is 0.875. The Hall–Kier alpha value is -0.740. The maximum Gasteiger partial charge on any atom is 0.0938 e. The van der Waals surface area contributed by atoms with E-state index in [2.05, 4.69) is 5.10 Å². The van der Waals surface area contributed by atoms with Gasteiger partial charge in [-0.2, -0.15) is 5.10 Å². The van der Waals surface area contributed by atoms with E-state index in [1.165, 1.54) is 0 Å². The summed E-state index contributed by atoms with van der Waals surface area (Å²) >= 11 is 18.1. The molecule has 0 saturated heterocycles. The summed E-state index contributed by atoms with van der Waals surface area (Å²) in [6.45, 7) is 2.58. The Morgan fingerprint density at radius 2 is 1.94 bits per heavy atom. The lowest BCUT2D eigenvalue weighted by molar-refractivity contribution is 0.540. The van der Waals surface area contributed by atoms with Gasteiger partial charge in [0.1, 0.15) is 0 Å². The molecule has 0 spiro atoms. The third kappa shape index (κ3) is 2.81. The van der Waals surface area contributed by atoms with Crippen LogP contribution in [0.15, 0.2) is 24.4 Å². The van der Waals surface area contributed by atoms with Gasteiger partial charge in [0.2, 0.25) is 0 Å². The van der Waals surface area contributed by atoms with E-state index in [1.54, 1.807) is 16.8 Å². The Balaban J connectivity index is 2.37. The highest BCUT2D eigenvalue weighted by molar-refractivity contribution is 6.49. The number of benzene rings is 1. The van der Waals surface area contributed by atoms with Crippen molar-refractivity contribution >= 4 is 34.8 Å². The Morgan fingerprint density at radius 3 is 2.61 bits per heavy atom. The summed E-state index contributed by atoms with van der Waals surface area (Å²) < 4.78 is 1.78. The molecule has 0 aliphatic heterocycles. The molecular weight excluding hydrogens is 293 g/mol. The van der Waals surface area contributed by atoms with Gasteiger partial charge >= 0.3 is 0 Å². The fourth-order valence-corrected chi connectivity index (χ4v) is 2.26. The fraction of sp³-hybridized carbons (Fsp3) is 0.250. The van der Waals surface area contributed by atoms with Gasteiger partial charge in [-0.3, -0.25) is 4.68 Å². The van der Waals surface area contributed by atoms with Crippen molar-refractivity contribution in [3.8, 4) is 11.3 Å². The molecule has 0 fully saturated rings. The lowest BCUT2D eigenvalue weighted by Crippen LogP contribution is -2.22. The van der Waals surface area contributed by atoms with E-state index in [0.29, 0.717) is 21.6 Å². The summed E-state index contributed by atoms with van der Waals surface area (Å²) in [5, 5.41) is 5.59. The molecule has 1 aromatic carbocycles. The molecule has 3 nitrogen and oxygen atoms in total. The monoisotopic (exact) mass is 303 g/mol. The zero-order valence-corrected chi connectivity index (χ0v) is 12.0. The van der Waals surface area contributed by atoms with E-state index in [4.69, 9.17) is 40.5 Å². The van der Waals surface area contributed by atoms with Crippen LogP contribution in [0.1, 0.15) is 6.92 Å². The van der Waals surface area contributed by atoms with Gasteiger partial charge in [-0.25, -0.2) is 0 Å². The van der Waals surface area contributed by atoms with Crippen molar-refractivity contribution in [3.63, 3.8) is 0 Å². The molecule has 1 unspecified atom stereocenters. The molecule has 96 valence electrons. The van der Waals surface area contributed by atoms with Crippen molar-refractivity contribution in [2.75, 3.05) is 0 Å². The van der Waals surface area contributed by atoms with Crippen LogP contribution in [0.5, 0.6) is 0 Å². The molecule has 1 heterocycles. The number of rotatable bonds is 3. The van der Waals surface area contributed by atoms with E-state index >= 15 is 0 Å². The molecule has 0 bridgehead atoms. The molecule has 1 atom stereocenters. The topological polar surface area (TPSA) is 43.8 Å². The van der Waals surface area contributed by atoms with Crippen molar-refractivity contribution in [1.82, 2.24) is 9.78 Å². The highest BCUT2D eigenvalue weighted by atomic mass is 35.5. The number of hydrogen-bond acceptors (Lipinski definition) is 2. The molecule has 0 aliphatic carbocycles. The van der Waals surface area contributed by atoms with Crippen LogP contribution in [0.25, 0.3) is 11.3 Å². The molecule has 2 N–H and O–H groups in total. The molecule has 0 radical (unpaired) electrons. The number of halogens is 3. The van der Waals surface area contributed by atoms with Gasteiger partial charge in [-0.15, -0.1) is 0 Å². The van der Waals surface area contributed by atoms with Gasteiger partial charge in [-0.05, 0) is 25.1 Å². The first-order valence-corrected chi connectivity index (χ1v) is 6.55. The standard InChI is InChI=1S/C12H12Cl3N3/c1-7(16)6-18-5-4-10(17-18)8-2-3-9(13)12(15)11(8)14/h2-5,7H,6,16H2,1H3. The average molecular weight is 305 g/mol. The first kappa shape index (κ1) is 13.7. The summed E-state index contributed by atoms with van der Waals surface area (Å²) in [5.41, 5.74) is 7.23. The van der Waals surface area contributed by atoms with Crippen LogP contribution < -0.4 is 5.73 Å². The number of nitrogens with zero attached hydrogens (tertiary/aromatic N) is 2. The highest BCUT2D eigenvalue weighted by Gasteiger charge is 2.12. The summed E-state index contributed by atoms with van der Waals surface area (Å²) in [7, 11) is 0. The molecule has 18 heavy (non-hydrogen) atoms. The van der Waals surface area contributed by atoms with Gasteiger partial charge in [-0.1, -0.05) is 34.8 Å². The van der Waals surface area contributed by atoms with E-state index in [1.807, 2.05) is 19.2 Å². The Labute approximate surface area is 120 Å². The minimum absolute atomic E-state index is 0.0435. The molecule has 0 saturated carbocycles. The zero-order chi connectivity index (χ0) is 13.3.